The highest BCUT2D eigenvalue weighted by Gasteiger charge is 1.96. The lowest BCUT2D eigenvalue weighted by molar-refractivity contribution is 0.397. The highest BCUT2D eigenvalue weighted by atomic mass is 127. The largest absolute Gasteiger partial charge is 0.481 e. The van der Waals surface area contributed by atoms with E-state index in [0.717, 1.165) is 17.8 Å². The molecule has 1 heterocycles. The summed E-state index contributed by atoms with van der Waals surface area (Å²) in [6.07, 6.45) is 1.82. The van der Waals surface area contributed by atoms with Gasteiger partial charge in [0.2, 0.25) is 5.88 Å². The summed E-state index contributed by atoms with van der Waals surface area (Å²) >= 11 is 2.29. The maximum atomic E-state index is 5.01. The first-order valence-corrected chi connectivity index (χ1v) is 6.34. The monoisotopic (exact) mass is 340 g/mol. The number of nitrogens with one attached hydrogen (secondary N) is 1. The van der Waals surface area contributed by atoms with Gasteiger partial charge in [0.1, 0.15) is 0 Å². The molecule has 0 spiro atoms. The Morgan fingerprint density at radius 1 is 1.18 bits per heavy atom. The van der Waals surface area contributed by atoms with E-state index in [1.165, 1.54) is 3.57 Å². The molecule has 0 amide bonds. The fourth-order valence-corrected chi connectivity index (χ4v) is 1.77. The van der Waals surface area contributed by atoms with Gasteiger partial charge in [-0.3, -0.25) is 0 Å². The van der Waals surface area contributed by atoms with Gasteiger partial charge in [-0.1, -0.05) is 6.07 Å². The van der Waals surface area contributed by atoms with E-state index in [4.69, 9.17) is 4.74 Å². The lowest BCUT2D eigenvalue weighted by Crippen LogP contribution is -2.00. The molecule has 0 radical (unpaired) electrons. The van der Waals surface area contributed by atoms with Gasteiger partial charge in [-0.25, -0.2) is 4.98 Å². The minimum absolute atomic E-state index is 0.642. The van der Waals surface area contributed by atoms with Crippen LogP contribution in [0, 0.1) is 3.57 Å². The summed E-state index contributed by atoms with van der Waals surface area (Å²) in [4.78, 5) is 4.16. The van der Waals surface area contributed by atoms with Gasteiger partial charge in [0.05, 0.1) is 7.11 Å². The molecule has 0 aliphatic carbocycles. The van der Waals surface area contributed by atoms with Crippen LogP contribution in [0.3, 0.4) is 0 Å². The quantitative estimate of drug-likeness (QED) is 0.868. The molecule has 1 N–H and O–H groups in total. The number of rotatable bonds is 4. The van der Waals surface area contributed by atoms with Gasteiger partial charge in [0.25, 0.3) is 0 Å². The summed E-state index contributed by atoms with van der Waals surface area (Å²) in [5.41, 5.74) is 2.24. The number of nitrogens with zero attached hydrogens (tertiary/aromatic N) is 1. The van der Waals surface area contributed by atoms with Crippen molar-refractivity contribution in [3.63, 3.8) is 0 Å². The SMILES string of the molecule is COc1ccc(CNc2ccc(I)cc2)cn1. The molecule has 2 rings (SSSR count). The van der Waals surface area contributed by atoms with Crippen molar-refractivity contribution < 1.29 is 4.74 Å². The van der Waals surface area contributed by atoms with Gasteiger partial charge < -0.3 is 10.1 Å². The van der Waals surface area contributed by atoms with Crippen molar-refractivity contribution in [3.05, 3.63) is 51.7 Å². The zero-order valence-electron chi connectivity index (χ0n) is 9.48. The molecular formula is C13H13IN2O. The molecule has 0 atom stereocenters. The third kappa shape index (κ3) is 3.59. The standard InChI is InChI=1S/C13H13IN2O/c1-17-13-7-2-10(9-16-13)8-15-12-5-3-11(14)4-6-12/h2-7,9,15H,8H2,1H3. The van der Waals surface area contributed by atoms with E-state index in [2.05, 4.69) is 57.2 Å². The Balaban J connectivity index is 1.95. The third-order valence-corrected chi connectivity index (χ3v) is 3.07. The van der Waals surface area contributed by atoms with E-state index in [0.29, 0.717) is 5.88 Å². The highest BCUT2D eigenvalue weighted by molar-refractivity contribution is 14.1. The average Bonchev–Trinajstić information content (AvgIpc) is 2.39. The van der Waals surface area contributed by atoms with Crippen molar-refractivity contribution in [2.24, 2.45) is 0 Å². The van der Waals surface area contributed by atoms with Crippen molar-refractivity contribution >= 4 is 28.3 Å². The molecule has 1 aromatic heterocycles. The first kappa shape index (κ1) is 12.2. The molecule has 2 aromatic rings. The maximum absolute atomic E-state index is 5.01. The van der Waals surface area contributed by atoms with Crippen LogP contribution in [0.4, 0.5) is 5.69 Å². The molecule has 17 heavy (non-hydrogen) atoms. The Bertz CT molecular complexity index is 468. The molecule has 0 bridgehead atoms. The molecule has 88 valence electrons. The molecule has 0 aliphatic heterocycles. The van der Waals surface area contributed by atoms with Crippen LogP contribution in [-0.2, 0) is 6.54 Å². The summed E-state index contributed by atoms with van der Waals surface area (Å²) in [6, 6.07) is 12.2. The van der Waals surface area contributed by atoms with E-state index in [-0.39, 0.29) is 0 Å². The summed E-state index contributed by atoms with van der Waals surface area (Å²) in [5.74, 6) is 0.642. The number of aromatic nitrogens is 1. The fourth-order valence-electron chi connectivity index (χ4n) is 1.41. The van der Waals surface area contributed by atoms with Crippen LogP contribution in [0.25, 0.3) is 0 Å². The molecule has 0 unspecified atom stereocenters. The predicted octanol–water partition coefficient (Wildman–Crippen LogP) is 3.31. The second-order valence-corrected chi connectivity index (χ2v) is 4.81. The van der Waals surface area contributed by atoms with Crippen molar-refractivity contribution in [2.45, 2.75) is 6.54 Å². The van der Waals surface area contributed by atoms with Crippen LogP contribution in [0.1, 0.15) is 5.56 Å². The topological polar surface area (TPSA) is 34.1 Å². The van der Waals surface area contributed by atoms with Gasteiger partial charge in [-0.2, -0.15) is 0 Å². The van der Waals surface area contributed by atoms with E-state index < -0.39 is 0 Å². The van der Waals surface area contributed by atoms with Crippen LogP contribution in [0.5, 0.6) is 5.88 Å². The van der Waals surface area contributed by atoms with Gasteiger partial charge >= 0.3 is 0 Å². The van der Waals surface area contributed by atoms with E-state index >= 15 is 0 Å². The molecule has 1 aromatic carbocycles. The number of halogens is 1. The minimum Gasteiger partial charge on any atom is -0.481 e. The van der Waals surface area contributed by atoms with Crippen molar-refractivity contribution in [3.8, 4) is 5.88 Å². The number of hydrogen-bond acceptors (Lipinski definition) is 3. The Morgan fingerprint density at radius 2 is 1.94 bits per heavy atom. The van der Waals surface area contributed by atoms with Crippen LogP contribution in [0.2, 0.25) is 0 Å². The van der Waals surface area contributed by atoms with Crippen LogP contribution < -0.4 is 10.1 Å². The van der Waals surface area contributed by atoms with Crippen molar-refractivity contribution in [1.82, 2.24) is 4.98 Å². The second-order valence-electron chi connectivity index (χ2n) is 3.57. The Labute approximate surface area is 114 Å². The molecule has 0 saturated heterocycles. The highest BCUT2D eigenvalue weighted by Crippen LogP contribution is 2.13. The first-order chi connectivity index (χ1) is 8.28. The zero-order chi connectivity index (χ0) is 12.1. The lowest BCUT2D eigenvalue weighted by Gasteiger charge is -2.06. The van der Waals surface area contributed by atoms with E-state index in [1.807, 2.05) is 18.3 Å². The van der Waals surface area contributed by atoms with E-state index in [1.54, 1.807) is 7.11 Å². The van der Waals surface area contributed by atoms with Gasteiger partial charge in [0, 0.05) is 28.1 Å². The number of anilines is 1. The molecule has 0 saturated carbocycles. The summed E-state index contributed by atoms with van der Waals surface area (Å²) in [7, 11) is 1.62. The summed E-state index contributed by atoms with van der Waals surface area (Å²) < 4.78 is 6.25. The van der Waals surface area contributed by atoms with Crippen molar-refractivity contribution in [2.75, 3.05) is 12.4 Å². The summed E-state index contributed by atoms with van der Waals surface area (Å²) in [5, 5.41) is 3.34. The smallest absolute Gasteiger partial charge is 0.212 e. The number of benzene rings is 1. The number of ether oxygens (including phenoxy) is 1. The molecule has 3 nitrogen and oxygen atoms in total. The number of hydrogen-bond donors (Lipinski definition) is 1. The van der Waals surface area contributed by atoms with Crippen LogP contribution in [-0.4, -0.2) is 12.1 Å². The lowest BCUT2D eigenvalue weighted by atomic mass is 10.2. The van der Waals surface area contributed by atoms with Gasteiger partial charge in [-0.05, 0) is 52.4 Å². The molecule has 0 aliphatic rings. The Hall–Kier alpha value is -1.30. The Kier molecular flexibility index (Phi) is 4.19. The second kappa shape index (κ2) is 5.86. The van der Waals surface area contributed by atoms with Gasteiger partial charge in [-0.15, -0.1) is 0 Å². The number of methoxy groups -OCH3 is 1. The van der Waals surface area contributed by atoms with Crippen LogP contribution in [0.15, 0.2) is 42.6 Å². The summed E-state index contributed by atoms with van der Waals surface area (Å²) in [6.45, 7) is 0.761. The fraction of sp³-hybridized carbons (Fsp3) is 0.154. The molecule has 4 heteroatoms. The molecule has 0 fully saturated rings. The zero-order valence-corrected chi connectivity index (χ0v) is 11.6. The average molecular weight is 340 g/mol. The van der Waals surface area contributed by atoms with Crippen molar-refractivity contribution in [1.29, 1.82) is 0 Å². The van der Waals surface area contributed by atoms with E-state index in [9.17, 15) is 0 Å². The van der Waals surface area contributed by atoms with Gasteiger partial charge in [0.15, 0.2) is 0 Å². The normalized spacial score (nSPS) is 10.0. The third-order valence-electron chi connectivity index (χ3n) is 2.35. The minimum atomic E-state index is 0.642. The molecular weight excluding hydrogens is 327 g/mol. The maximum Gasteiger partial charge on any atom is 0.212 e. The van der Waals surface area contributed by atoms with Crippen LogP contribution >= 0.6 is 22.6 Å². The Morgan fingerprint density at radius 3 is 2.53 bits per heavy atom. The first-order valence-electron chi connectivity index (χ1n) is 5.26. The predicted molar refractivity (Wildman–Crippen MR) is 77.3 cm³/mol. The number of pyridine rings is 1.